The van der Waals surface area contributed by atoms with E-state index in [2.05, 4.69) is 10.0 Å². The zero-order valence-electron chi connectivity index (χ0n) is 15.8. The zero-order valence-corrected chi connectivity index (χ0v) is 16.6. The molecule has 0 saturated carbocycles. The van der Waals surface area contributed by atoms with E-state index in [0.717, 1.165) is 11.6 Å². The Morgan fingerprint density at radius 3 is 2.31 bits per heavy atom. The molecule has 0 saturated heterocycles. The molecule has 6 nitrogen and oxygen atoms in total. The number of anilines is 2. The summed E-state index contributed by atoms with van der Waals surface area (Å²) in [5.74, 6) is -0.826. The monoisotopic (exact) mass is 414 g/mol. The van der Waals surface area contributed by atoms with E-state index in [0.29, 0.717) is 5.56 Å². The number of carbonyl (C=O) groups excluding carboxylic acids is 1. The Hall–Kier alpha value is -3.39. The zero-order chi connectivity index (χ0) is 21.0. The van der Waals surface area contributed by atoms with Gasteiger partial charge in [-0.2, -0.15) is 0 Å². The fraction of sp³-hybridized carbons (Fsp3) is 0.0952. The largest absolute Gasteiger partial charge is 0.495 e. The lowest BCUT2D eigenvalue weighted by atomic mass is 10.1. The fourth-order valence-corrected chi connectivity index (χ4v) is 3.69. The van der Waals surface area contributed by atoms with E-state index in [1.54, 1.807) is 24.3 Å². The summed E-state index contributed by atoms with van der Waals surface area (Å²) >= 11 is 0. The number of halogens is 1. The van der Waals surface area contributed by atoms with Crippen molar-refractivity contribution in [1.82, 2.24) is 0 Å². The molecule has 0 fully saturated rings. The first-order valence-electron chi connectivity index (χ1n) is 8.63. The van der Waals surface area contributed by atoms with Gasteiger partial charge in [-0.3, -0.25) is 9.52 Å². The summed E-state index contributed by atoms with van der Waals surface area (Å²) in [7, 11) is -2.68. The number of rotatable bonds is 6. The van der Waals surface area contributed by atoms with E-state index in [4.69, 9.17) is 4.74 Å². The smallest absolute Gasteiger partial charge is 0.262 e. The minimum atomic E-state index is -4.09. The molecule has 0 aliphatic heterocycles. The van der Waals surface area contributed by atoms with Gasteiger partial charge in [0, 0.05) is 5.56 Å². The van der Waals surface area contributed by atoms with Crippen molar-refractivity contribution in [2.24, 2.45) is 0 Å². The molecule has 8 heteroatoms. The Bertz CT molecular complexity index is 1150. The summed E-state index contributed by atoms with van der Waals surface area (Å²) in [5, 5.41) is 2.65. The lowest BCUT2D eigenvalue weighted by Gasteiger charge is -2.14. The predicted octanol–water partition coefficient (Wildman–Crippen LogP) is 4.20. The lowest BCUT2D eigenvalue weighted by Crippen LogP contribution is -2.16. The first-order valence-corrected chi connectivity index (χ1v) is 10.1. The molecule has 0 bridgehead atoms. The van der Waals surface area contributed by atoms with Crippen molar-refractivity contribution >= 4 is 27.3 Å². The second-order valence-corrected chi connectivity index (χ2v) is 7.95. The number of methoxy groups -OCH3 is 1. The van der Waals surface area contributed by atoms with Crippen LogP contribution < -0.4 is 14.8 Å². The van der Waals surface area contributed by atoms with Gasteiger partial charge in [0.1, 0.15) is 11.6 Å². The lowest BCUT2D eigenvalue weighted by molar-refractivity contribution is 0.102. The topological polar surface area (TPSA) is 84.5 Å². The summed E-state index contributed by atoms with van der Waals surface area (Å²) in [4.78, 5) is 12.4. The van der Waals surface area contributed by atoms with Crippen molar-refractivity contribution in [3.63, 3.8) is 0 Å². The standard InChI is InChI=1S/C21H19FN2O4S/c1-14-7-9-15(10-8-14)21(25)23-19-13-16(11-12-20(19)28-2)29(26,27)24-18-6-4-3-5-17(18)22/h3-13,24H,1-2H3,(H,23,25). The van der Waals surface area contributed by atoms with Crippen LogP contribution in [0.5, 0.6) is 5.75 Å². The number of hydrogen-bond acceptors (Lipinski definition) is 4. The van der Waals surface area contributed by atoms with E-state index in [1.165, 1.54) is 43.5 Å². The summed E-state index contributed by atoms with van der Waals surface area (Å²) in [5.41, 5.74) is 1.42. The third-order valence-electron chi connectivity index (χ3n) is 4.16. The van der Waals surface area contributed by atoms with Crippen LogP contribution >= 0.6 is 0 Å². The van der Waals surface area contributed by atoms with Crippen molar-refractivity contribution in [2.45, 2.75) is 11.8 Å². The number of nitrogens with one attached hydrogen (secondary N) is 2. The molecule has 0 aliphatic rings. The molecule has 2 N–H and O–H groups in total. The normalized spacial score (nSPS) is 11.0. The predicted molar refractivity (Wildman–Crippen MR) is 109 cm³/mol. The second kappa shape index (κ2) is 8.32. The minimum absolute atomic E-state index is 0.152. The first kappa shape index (κ1) is 20.3. The molecule has 0 spiro atoms. The number of carbonyl (C=O) groups is 1. The van der Waals surface area contributed by atoms with Crippen LogP contribution in [0.4, 0.5) is 15.8 Å². The number of aryl methyl sites for hydroxylation is 1. The fourth-order valence-electron chi connectivity index (χ4n) is 2.60. The number of hydrogen-bond donors (Lipinski definition) is 2. The van der Waals surface area contributed by atoms with Crippen LogP contribution in [-0.2, 0) is 10.0 Å². The van der Waals surface area contributed by atoms with Gasteiger partial charge in [-0.05, 0) is 49.4 Å². The molecule has 3 rings (SSSR count). The molecule has 150 valence electrons. The SMILES string of the molecule is COc1ccc(S(=O)(=O)Nc2ccccc2F)cc1NC(=O)c1ccc(C)cc1. The van der Waals surface area contributed by atoms with Gasteiger partial charge >= 0.3 is 0 Å². The Balaban J connectivity index is 1.91. The van der Waals surface area contributed by atoms with Crippen LogP contribution in [0, 0.1) is 12.7 Å². The van der Waals surface area contributed by atoms with E-state index >= 15 is 0 Å². The van der Waals surface area contributed by atoms with Crippen molar-refractivity contribution < 1.29 is 22.3 Å². The molecule has 3 aromatic rings. The number of sulfonamides is 1. The number of benzene rings is 3. The third-order valence-corrected chi connectivity index (χ3v) is 5.52. The molecular formula is C21H19FN2O4S. The second-order valence-electron chi connectivity index (χ2n) is 6.27. The molecule has 0 aromatic heterocycles. The minimum Gasteiger partial charge on any atom is -0.495 e. The maximum atomic E-state index is 13.8. The summed E-state index contributed by atoms with van der Waals surface area (Å²) in [6, 6.07) is 16.3. The summed E-state index contributed by atoms with van der Waals surface area (Å²) in [6.45, 7) is 1.90. The number of ether oxygens (including phenoxy) is 1. The van der Waals surface area contributed by atoms with Gasteiger partial charge < -0.3 is 10.1 Å². The Morgan fingerprint density at radius 1 is 0.966 bits per heavy atom. The molecule has 1 amide bonds. The van der Waals surface area contributed by atoms with Crippen molar-refractivity contribution in [3.05, 3.63) is 83.7 Å². The molecule has 0 aliphatic carbocycles. The van der Waals surface area contributed by atoms with Crippen LogP contribution in [0.1, 0.15) is 15.9 Å². The third kappa shape index (κ3) is 4.72. The number of para-hydroxylation sites is 1. The molecule has 0 unspecified atom stereocenters. The van der Waals surface area contributed by atoms with Gasteiger partial charge in [0.05, 0.1) is 23.4 Å². The Labute approximate surface area is 168 Å². The highest BCUT2D eigenvalue weighted by atomic mass is 32.2. The average Bonchev–Trinajstić information content (AvgIpc) is 2.70. The number of amides is 1. The Kier molecular flexibility index (Phi) is 5.84. The van der Waals surface area contributed by atoms with Gasteiger partial charge in [-0.15, -0.1) is 0 Å². The van der Waals surface area contributed by atoms with Gasteiger partial charge in [0.2, 0.25) is 0 Å². The van der Waals surface area contributed by atoms with E-state index in [1.807, 2.05) is 6.92 Å². The molecule has 0 radical (unpaired) electrons. The highest BCUT2D eigenvalue weighted by Gasteiger charge is 2.19. The molecule has 0 atom stereocenters. The van der Waals surface area contributed by atoms with Crippen LogP contribution in [0.25, 0.3) is 0 Å². The maximum Gasteiger partial charge on any atom is 0.262 e. The van der Waals surface area contributed by atoms with E-state index < -0.39 is 21.7 Å². The van der Waals surface area contributed by atoms with Crippen LogP contribution in [-0.4, -0.2) is 21.4 Å². The quantitative estimate of drug-likeness (QED) is 0.633. The van der Waals surface area contributed by atoms with Crippen LogP contribution in [0.15, 0.2) is 71.6 Å². The Morgan fingerprint density at radius 2 is 1.66 bits per heavy atom. The van der Waals surface area contributed by atoms with Gasteiger partial charge in [0.15, 0.2) is 0 Å². The average molecular weight is 414 g/mol. The molecular weight excluding hydrogens is 395 g/mol. The van der Waals surface area contributed by atoms with E-state index in [-0.39, 0.29) is 22.0 Å². The van der Waals surface area contributed by atoms with E-state index in [9.17, 15) is 17.6 Å². The maximum absolute atomic E-state index is 13.8. The van der Waals surface area contributed by atoms with Gasteiger partial charge in [-0.25, -0.2) is 12.8 Å². The van der Waals surface area contributed by atoms with Crippen molar-refractivity contribution in [2.75, 3.05) is 17.1 Å². The van der Waals surface area contributed by atoms with Crippen LogP contribution in [0.3, 0.4) is 0 Å². The summed E-state index contributed by atoms with van der Waals surface area (Å²) < 4.78 is 46.6. The van der Waals surface area contributed by atoms with Crippen molar-refractivity contribution in [3.8, 4) is 5.75 Å². The molecule has 0 heterocycles. The van der Waals surface area contributed by atoms with Gasteiger partial charge in [0.25, 0.3) is 15.9 Å². The molecule has 3 aromatic carbocycles. The highest BCUT2D eigenvalue weighted by molar-refractivity contribution is 7.92. The molecule has 29 heavy (non-hydrogen) atoms. The first-order chi connectivity index (χ1) is 13.8. The van der Waals surface area contributed by atoms with Gasteiger partial charge in [-0.1, -0.05) is 29.8 Å². The van der Waals surface area contributed by atoms with Crippen LogP contribution in [0.2, 0.25) is 0 Å². The highest BCUT2D eigenvalue weighted by Crippen LogP contribution is 2.29. The van der Waals surface area contributed by atoms with Crippen molar-refractivity contribution in [1.29, 1.82) is 0 Å². The summed E-state index contributed by atoms with van der Waals surface area (Å²) in [6.07, 6.45) is 0.